The van der Waals surface area contributed by atoms with Crippen LogP contribution in [0.3, 0.4) is 0 Å². The summed E-state index contributed by atoms with van der Waals surface area (Å²) in [5.41, 5.74) is 6.12. The van der Waals surface area contributed by atoms with Crippen LogP contribution in [0.4, 0.5) is 20.2 Å². The van der Waals surface area contributed by atoms with Crippen LogP contribution in [0.25, 0.3) is 0 Å². The number of morpholine rings is 1. The van der Waals surface area contributed by atoms with E-state index in [2.05, 4.69) is 10.2 Å². The first-order chi connectivity index (χ1) is 15.0. The third-order valence-corrected chi connectivity index (χ3v) is 6.70. The standard InChI is InChI=1S/C22H30F2N4O3/c23-21(24)17-11-16(27-9-10-31-13-20(27)29)7-8-18(17)26-22(30)19(12-25)28(14-3-1-4-14)15-5-2-6-15/h7-8,11,14-15,19,21H,1-6,9-10,12-13,25H2,(H,26,30)/t19-/m1/s1. The largest absolute Gasteiger partial charge is 0.370 e. The van der Waals surface area contributed by atoms with E-state index in [9.17, 15) is 18.4 Å². The number of hydrogen-bond acceptors (Lipinski definition) is 5. The number of alkyl halides is 2. The van der Waals surface area contributed by atoms with Crippen LogP contribution in [-0.2, 0) is 14.3 Å². The highest BCUT2D eigenvalue weighted by Gasteiger charge is 2.40. The Labute approximate surface area is 180 Å². The van der Waals surface area contributed by atoms with Crippen molar-refractivity contribution in [3.8, 4) is 0 Å². The molecular formula is C22H30F2N4O3. The van der Waals surface area contributed by atoms with Crippen LogP contribution < -0.4 is 16.0 Å². The Hall–Kier alpha value is -2.10. The molecule has 4 rings (SSSR count). The Kier molecular flexibility index (Phi) is 6.83. The van der Waals surface area contributed by atoms with Crippen LogP contribution in [-0.4, -0.2) is 61.1 Å². The van der Waals surface area contributed by atoms with E-state index in [0.29, 0.717) is 30.9 Å². The quantitative estimate of drug-likeness (QED) is 0.654. The van der Waals surface area contributed by atoms with Crippen molar-refractivity contribution in [2.24, 2.45) is 5.73 Å². The molecule has 1 saturated heterocycles. The molecule has 0 bridgehead atoms. The molecule has 170 valence electrons. The van der Waals surface area contributed by atoms with Crippen LogP contribution in [0.1, 0.15) is 50.5 Å². The van der Waals surface area contributed by atoms with Gasteiger partial charge in [0.05, 0.1) is 6.61 Å². The van der Waals surface area contributed by atoms with Gasteiger partial charge in [-0.3, -0.25) is 14.5 Å². The van der Waals surface area contributed by atoms with Gasteiger partial charge in [-0.1, -0.05) is 12.8 Å². The van der Waals surface area contributed by atoms with E-state index >= 15 is 0 Å². The molecule has 9 heteroatoms. The molecule has 0 unspecified atom stereocenters. The minimum absolute atomic E-state index is 0.0603. The molecule has 1 aliphatic heterocycles. The number of hydrogen-bond donors (Lipinski definition) is 2. The molecule has 0 spiro atoms. The maximum absolute atomic E-state index is 13.8. The molecule has 2 amide bonds. The third kappa shape index (κ3) is 4.58. The van der Waals surface area contributed by atoms with Crippen LogP contribution in [0.5, 0.6) is 0 Å². The second-order valence-corrected chi connectivity index (χ2v) is 8.53. The smallest absolute Gasteiger partial charge is 0.265 e. The average molecular weight is 437 g/mol. The lowest BCUT2D eigenvalue weighted by Gasteiger charge is -2.49. The highest BCUT2D eigenvalue weighted by atomic mass is 19.3. The Morgan fingerprint density at radius 3 is 2.42 bits per heavy atom. The maximum Gasteiger partial charge on any atom is 0.265 e. The van der Waals surface area contributed by atoms with E-state index in [4.69, 9.17) is 10.5 Å². The molecule has 2 aliphatic carbocycles. The number of nitrogens with zero attached hydrogens (tertiary/aromatic N) is 2. The Morgan fingerprint density at radius 1 is 1.23 bits per heavy atom. The van der Waals surface area contributed by atoms with Crippen molar-refractivity contribution in [2.75, 3.05) is 36.5 Å². The number of rotatable bonds is 8. The fraction of sp³-hybridized carbons (Fsp3) is 0.636. The van der Waals surface area contributed by atoms with Gasteiger partial charge in [0.15, 0.2) is 0 Å². The molecule has 3 fully saturated rings. The first kappa shape index (κ1) is 22.1. The van der Waals surface area contributed by atoms with Crippen LogP contribution in [0.15, 0.2) is 18.2 Å². The second-order valence-electron chi connectivity index (χ2n) is 8.53. The monoisotopic (exact) mass is 436 g/mol. The number of halogens is 2. The van der Waals surface area contributed by atoms with Crippen LogP contribution >= 0.6 is 0 Å². The summed E-state index contributed by atoms with van der Waals surface area (Å²) in [5.74, 6) is -0.624. The Balaban J connectivity index is 1.53. The second kappa shape index (κ2) is 9.58. The average Bonchev–Trinajstić information content (AvgIpc) is 2.66. The van der Waals surface area contributed by atoms with E-state index < -0.39 is 12.5 Å². The van der Waals surface area contributed by atoms with Gasteiger partial charge < -0.3 is 20.7 Å². The minimum Gasteiger partial charge on any atom is -0.370 e. The minimum atomic E-state index is -2.79. The van der Waals surface area contributed by atoms with Crippen molar-refractivity contribution in [1.82, 2.24) is 4.90 Å². The maximum atomic E-state index is 13.8. The van der Waals surface area contributed by atoms with Crippen LogP contribution in [0, 0.1) is 0 Å². The van der Waals surface area contributed by atoms with Gasteiger partial charge in [-0.05, 0) is 43.9 Å². The molecule has 0 aromatic heterocycles. The predicted octanol–water partition coefficient (Wildman–Crippen LogP) is 2.66. The fourth-order valence-electron chi connectivity index (χ4n) is 4.56. The fourth-order valence-corrected chi connectivity index (χ4v) is 4.56. The van der Waals surface area contributed by atoms with Crippen molar-refractivity contribution >= 4 is 23.2 Å². The summed E-state index contributed by atoms with van der Waals surface area (Å²) in [7, 11) is 0. The summed E-state index contributed by atoms with van der Waals surface area (Å²) in [6.07, 6.45) is 3.68. The number of nitrogens with two attached hydrogens (primary N) is 1. The normalized spacial score (nSPS) is 21.2. The molecule has 3 aliphatic rings. The lowest BCUT2D eigenvalue weighted by Crippen LogP contribution is -2.60. The number of nitrogens with one attached hydrogen (secondary N) is 1. The van der Waals surface area contributed by atoms with Gasteiger partial charge in [-0.25, -0.2) is 8.78 Å². The van der Waals surface area contributed by atoms with Gasteiger partial charge >= 0.3 is 0 Å². The summed E-state index contributed by atoms with van der Waals surface area (Å²) in [6, 6.07) is 4.44. The summed E-state index contributed by atoms with van der Waals surface area (Å²) < 4.78 is 32.8. The zero-order chi connectivity index (χ0) is 22.0. The molecule has 1 aromatic rings. The van der Waals surface area contributed by atoms with Crippen LogP contribution in [0.2, 0.25) is 0 Å². The summed E-state index contributed by atoms with van der Waals surface area (Å²) in [4.78, 5) is 28.8. The Bertz CT molecular complexity index is 800. The molecule has 0 radical (unpaired) electrons. The van der Waals surface area contributed by atoms with Gasteiger partial charge in [0.1, 0.15) is 12.6 Å². The predicted molar refractivity (Wildman–Crippen MR) is 113 cm³/mol. The third-order valence-electron chi connectivity index (χ3n) is 6.70. The zero-order valence-corrected chi connectivity index (χ0v) is 17.6. The van der Waals surface area contributed by atoms with Gasteiger partial charge in [-0.15, -0.1) is 0 Å². The van der Waals surface area contributed by atoms with Gasteiger partial charge in [0.2, 0.25) is 5.91 Å². The van der Waals surface area contributed by atoms with Crippen molar-refractivity contribution in [1.29, 1.82) is 0 Å². The number of carbonyl (C=O) groups excluding carboxylic acids is 2. The Morgan fingerprint density at radius 2 is 1.90 bits per heavy atom. The molecule has 3 N–H and O–H groups in total. The van der Waals surface area contributed by atoms with Gasteiger partial charge in [-0.2, -0.15) is 0 Å². The van der Waals surface area contributed by atoms with Gasteiger partial charge in [0.25, 0.3) is 12.3 Å². The summed E-state index contributed by atoms with van der Waals surface area (Å²) in [6.45, 7) is 0.729. The summed E-state index contributed by atoms with van der Waals surface area (Å²) >= 11 is 0. The van der Waals surface area contributed by atoms with E-state index in [0.717, 1.165) is 38.5 Å². The SMILES string of the molecule is NC[C@H](C(=O)Nc1ccc(N2CCOCC2=O)cc1C(F)F)N(C1CCC1)C1CCC1. The molecular weight excluding hydrogens is 406 g/mol. The molecule has 31 heavy (non-hydrogen) atoms. The van der Waals surface area contributed by atoms with Crippen molar-refractivity contribution in [2.45, 2.75) is 63.1 Å². The van der Waals surface area contributed by atoms with Crippen molar-refractivity contribution in [3.05, 3.63) is 23.8 Å². The molecule has 7 nitrogen and oxygen atoms in total. The van der Waals surface area contributed by atoms with E-state index in [1.165, 1.54) is 17.0 Å². The number of anilines is 2. The topological polar surface area (TPSA) is 87.9 Å². The zero-order valence-electron chi connectivity index (χ0n) is 17.6. The lowest BCUT2D eigenvalue weighted by atomic mass is 9.83. The van der Waals surface area contributed by atoms with Crippen molar-refractivity contribution in [3.63, 3.8) is 0 Å². The number of carbonyl (C=O) groups is 2. The lowest BCUT2D eigenvalue weighted by molar-refractivity contribution is -0.126. The first-order valence-corrected chi connectivity index (χ1v) is 11.1. The number of ether oxygens (including phenoxy) is 1. The van der Waals surface area contributed by atoms with E-state index in [1.807, 2.05) is 0 Å². The molecule has 2 saturated carbocycles. The summed E-state index contributed by atoms with van der Waals surface area (Å²) in [5, 5.41) is 2.70. The number of amides is 2. The molecule has 1 atom stereocenters. The van der Waals surface area contributed by atoms with Crippen molar-refractivity contribution < 1.29 is 23.1 Å². The highest BCUT2D eigenvalue weighted by Crippen LogP contribution is 2.36. The molecule has 1 aromatic carbocycles. The van der Waals surface area contributed by atoms with E-state index in [-0.39, 0.29) is 36.2 Å². The highest BCUT2D eigenvalue weighted by molar-refractivity contribution is 5.98. The first-order valence-electron chi connectivity index (χ1n) is 11.1. The van der Waals surface area contributed by atoms with E-state index in [1.54, 1.807) is 6.07 Å². The van der Waals surface area contributed by atoms with Gasteiger partial charge in [0, 0.05) is 42.1 Å². The number of benzene rings is 1. The molecule has 1 heterocycles.